The molecular weight excluding hydrogens is 334 g/mol. The number of fused-ring (bicyclic) bond motifs is 2. The van der Waals surface area contributed by atoms with Crippen LogP contribution in [-0.4, -0.2) is 27.8 Å². The molecule has 4 rings (SSSR count). The van der Waals surface area contributed by atoms with Gasteiger partial charge in [-0.2, -0.15) is 0 Å². The maximum Gasteiger partial charge on any atom is 0.170 e. The highest BCUT2D eigenvalue weighted by Gasteiger charge is 2.26. The fourth-order valence-electron chi connectivity index (χ4n) is 2.66. The topological polar surface area (TPSA) is 58.7 Å². The van der Waals surface area contributed by atoms with Crippen LogP contribution in [0.5, 0.6) is 11.5 Å². The smallest absolute Gasteiger partial charge is 0.170 e. The van der Waals surface area contributed by atoms with Crippen LogP contribution in [-0.2, 0) is 16.3 Å². The second kappa shape index (κ2) is 6.51. The van der Waals surface area contributed by atoms with Crippen molar-refractivity contribution in [1.29, 1.82) is 0 Å². The summed E-state index contributed by atoms with van der Waals surface area (Å²) in [5, 5.41) is 3.35. The van der Waals surface area contributed by atoms with E-state index in [2.05, 4.69) is 5.32 Å². The Balaban J connectivity index is 0.000000183. The summed E-state index contributed by atoms with van der Waals surface area (Å²) < 4.78 is 28.4. The van der Waals surface area contributed by atoms with Gasteiger partial charge in [-0.1, -0.05) is 29.8 Å². The summed E-state index contributed by atoms with van der Waals surface area (Å²) >= 11 is 5.92. The van der Waals surface area contributed by atoms with Gasteiger partial charge in [-0.3, -0.25) is 0 Å². The van der Waals surface area contributed by atoms with Crippen molar-refractivity contribution in [2.75, 3.05) is 19.3 Å². The molecule has 2 aliphatic rings. The number of nitrogens with one attached hydrogen (secondary N) is 1. The molecule has 2 aliphatic heterocycles. The van der Waals surface area contributed by atoms with E-state index in [-0.39, 0.29) is 0 Å². The van der Waals surface area contributed by atoms with Gasteiger partial charge in [-0.25, -0.2) is 8.42 Å². The number of ether oxygens (including phenoxy) is 1. The zero-order valence-corrected chi connectivity index (χ0v) is 14.3. The first kappa shape index (κ1) is 16.3. The molecule has 0 radical (unpaired) electrons. The molecule has 0 saturated carbocycles. The average Bonchev–Trinajstić information content (AvgIpc) is 3.29. The van der Waals surface area contributed by atoms with E-state index < -0.39 is 15.1 Å². The normalized spacial score (nSPS) is 18.4. The third-order valence-corrected chi connectivity index (χ3v) is 5.59. The third-order valence-electron chi connectivity index (χ3n) is 3.90. The van der Waals surface area contributed by atoms with Crippen molar-refractivity contribution >= 4 is 21.4 Å². The maximum absolute atomic E-state index is 11.7. The van der Waals surface area contributed by atoms with Crippen LogP contribution in [0.1, 0.15) is 16.4 Å². The monoisotopic (exact) mass is 351 g/mol. The number of hydrogen-bond donors (Lipinski definition) is 1. The molecule has 1 atom stereocenters. The third kappa shape index (κ3) is 4.05. The number of benzene rings is 2. The van der Waals surface area contributed by atoms with E-state index in [0.717, 1.165) is 35.6 Å². The Kier molecular flexibility index (Phi) is 4.62. The minimum absolute atomic E-state index is 0.456. The van der Waals surface area contributed by atoms with Crippen LogP contribution < -0.4 is 10.1 Å². The van der Waals surface area contributed by atoms with Crippen LogP contribution in [0.3, 0.4) is 0 Å². The van der Waals surface area contributed by atoms with Crippen molar-refractivity contribution in [2.45, 2.75) is 11.7 Å². The van der Waals surface area contributed by atoms with Crippen molar-refractivity contribution in [3.8, 4) is 11.5 Å². The van der Waals surface area contributed by atoms with Gasteiger partial charge in [0.2, 0.25) is 0 Å². The summed E-state index contributed by atoms with van der Waals surface area (Å²) in [7, 11) is -3.08. The van der Waals surface area contributed by atoms with Crippen molar-refractivity contribution in [3.05, 3.63) is 58.6 Å². The van der Waals surface area contributed by atoms with E-state index in [4.69, 9.17) is 16.3 Å². The van der Waals surface area contributed by atoms with E-state index in [1.807, 2.05) is 36.4 Å². The number of para-hydroxylation sites is 2. The lowest BCUT2D eigenvalue weighted by atomic mass is 10.0. The molecule has 23 heavy (non-hydrogen) atoms. The Morgan fingerprint density at radius 2 is 1.87 bits per heavy atom. The maximum atomic E-state index is 11.7. The van der Waals surface area contributed by atoms with Crippen LogP contribution >= 0.6 is 11.6 Å². The largest absolute Gasteiger partial charge is 0.450 e. The second-order valence-corrected chi connectivity index (χ2v) is 8.33. The number of hydrogen-bond acceptors (Lipinski definition) is 4. The molecule has 0 aromatic heterocycles. The van der Waals surface area contributed by atoms with Crippen molar-refractivity contribution < 1.29 is 13.2 Å². The Labute approximate surface area is 141 Å². The summed E-state index contributed by atoms with van der Waals surface area (Å²) in [6, 6.07) is 13.3. The predicted octanol–water partition coefficient (Wildman–Crippen LogP) is 3.36. The quantitative estimate of drug-likeness (QED) is 0.683. The van der Waals surface area contributed by atoms with Gasteiger partial charge in [0.1, 0.15) is 0 Å². The summed E-state index contributed by atoms with van der Waals surface area (Å²) in [6.45, 7) is 1.27. The first-order valence-electron chi connectivity index (χ1n) is 7.40. The van der Waals surface area contributed by atoms with Gasteiger partial charge >= 0.3 is 0 Å². The number of rotatable bonds is 1. The Hall–Kier alpha value is -1.56. The molecule has 0 amide bonds. The molecule has 6 heteroatoms. The molecule has 0 bridgehead atoms. The summed E-state index contributed by atoms with van der Waals surface area (Å²) in [4.78, 5) is 0. The van der Waals surface area contributed by atoms with Gasteiger partial charge in [0.15, 0.2) is 21.3 Å². The van der Waals surface area contributed by atoms with E-state index in [1.165, 1.54) is 6.26 Å². The molecule has 2 heterocycles. The first-order valence-corrected chi connectivity index (χ1v) is 9.73. The SMILES string of the molecule is CS(=O)(=O)C1CNCCc2cc(Cl)ccc21.c1ccc2c(c1)O2. The van der Waals surface area contributed by atoms with E-state index in [1.54, 1.807) is 6.07 Å². The van der Waals surface area contributed by atoms with E-state index >= 15 is 0 Å². The Morgan fingerprint density at radius 3 is 2.48 bits per heavy atom. The average molecular weight is 352 g/mol. The van der Waals surface area contributed by atoms with Crippen LogP contribution in [0.4, 0.5) is 0 Å². The molecule has 1 N–H and O–H groups in total. The highest BCUT2D eigenvalue weighted by atomic mass is 35.5. The lowest BCUT2D eigenvalue weighted by molar-refractivity contribution is 0.580. The van der Waals surface area contributed by atoms with Crippen LogP contribution in [0.2, 0.25) is 5.02 Å². The molecule has 0 fully saturated rings. The molecule has 2 aromatic carbocycles. The fourth-order valence-corrected chi connectivity index (χ4v) is 3.97. The molecule has 0 spiro atoms. The van der Waals surface area contributed by atoms with Gasteiger partial charge < -0.3 is 10.1 Å². The minimum Gasteiger partial charge on any atom is -0.450 e. The Morgan fingerprint density at radius 1 is 1.17 bits per heavy atom. The first-order chi connectivity index (χ1) is 10.9. The standard InChI is InChI=1S/C11H14ClNO2S.C6H4O/c1-16(14,15)11-7-13-5-4-8-6-9(12)2-3-10(8)11;1-2-4-6-5(3-1)7-6/h2-3,6,11,13H,4-5,7H2,1H3;1-4H. The van der Waals surface area contributed by atoms with Gasteiger partial charge in [-0.05, 0) is 48.4 Å². The fraction of sp³-hybridized carbons (Fsp3) is 0.294. The van der Waals surface area contributed by atoms with Crippen molar-refractivity contribution in [1.82, 2.24) is 5.32 Å². The molecule has 2 aromatic rings. The molecule has 0 saturated heterocycles. The Bertz CT molecular complexity index is 799. The van der Waals surface area contributed by atoms with Crippen LogP contribution in [0.25, 0.3) is 0 Å². The zero-order chi connectivity index (χ0) is 16.4. The summed E-state index contributed by atoms with van der Waals surface area (Å²) in [5.41, 5.74) is 1.92. The van der Waals surface area contributed by atoms with Crippen molar-refractivity contribution in [3.63, 3.8) is 0 Å². The number of sulfone groups is 1. The molecule has 0 aliphatic carbocycles. The van der Waals surface area contributed by atoms with E-state index in [9.17, 15) is 8.42 Å². The molecule has 4 nitrogen and oxygen atoms in total. The number of halogens is 1. The molecule has 122 valence electrons. The van der Waals surface area contributed by atoms with Gasteiger partial charge in [0, 0.05) is 17.8 Å². The summed E-state index contributed by atoms with van der Waals surface area (Å²) in [6.07, 6.45) is 2.10. The lowest BCUT2D eigenvalue weighted by Gasteiger charge is -2.15. The van der Waals surface area contributed by atoms with E-state index in [0.29, 0.717) is 11.6 Å². The highest BCUT2D eigenvalue weighted by Crippen LogP contribution is 2.43. The molecular formula is C17H18ClNO3S. The molecule has 1 unspecified atom stereocenters. The highest BCUT2D eigenvalue weighted by molar-refractivity contribution is 7.91. The van der Waals surface area contributed by atoms with Crippen molar-refractivity contribution in [2.24, 2.45) is 0 Å². The predicted molar refractivity (Wildman–Crippen MR) is 92.1 cm³/mol. The minimum atomic E-state index is -3.08. The second-order valence-electron chi connectivity index (χ2n) is 5.66. The van der Waals surface area contributed by atoms with Gasteiger partial charge in [0.05, 0.1) is 5.25 Å². The van der Waals surface area contributed by atoms with Crippen LogP contribution in [0.15, 0.2) is 42.5 Å². The lowest BCUT2D eigenvalue weighted by Crippen LogP contribution is -2.25. The van der Waals surface area contributed by atoms with Gasteiger partial charge in [-0.15, -0.1) is 0 Å². The zero-order valence-electron chi connectivity index (χ0n) is 12.8. The van der Waals surface area contributed by atoms with Crippen LogP contribution in [0, 0.1) is 0 Å². The summed E-state index contributed by atoms with van der Waals surface area (Å²) in [5.74, 6) is 2.06. The van der Waals surface area contributed by atoms with Gasteiger partial charge in [0.25, 0.3) is 0 Å².